The molecule has 0 saturated heterocycles. The van der Waals surface area contributed by atoms with Gasteiger partial charge in [-0.15, -0.1) is 0 Å². The number of quaternary nitrogens is 1. The third-order valence-corrected chi connectivity index (χ3v) is 8.69. The van der Waals surface area contributed by atoms with Gasteiger partial charge in [0.25, 0.3) is 0 Å². The number of carbonyl (C=O) groups excluding carboxylic acids is 2. The van der Waals surface area contributed by atoms with Gasteiger partial charge in [-0.3, -0.25) is 9.59 Å². The molecule has 12 nitrogen and oxygen atoms in total. The summed E-state index contributed by atoms with van der Waals surface area (Å²) in [6.45, 7) is 5.30. The molecular weight excluding hydrogens is 612 g/mol. The van der Waals surface area contributed by atoms with Crippen molar-refractivity contribution in [2.75, 3.05) is 38.5 Å². The summed E-state index contributed by atoms with van der Waals surface area (Å²) in [6.07, 6.45) is 4.87. The lowest BCUT2D eigenvalue weighted by Crippen LogP contribution is -2.60. The van der Waals surface area contributed by atoms with Crippen molar-refractivity contribution in [1.29, 1.82) is 0 Å². The lowest BCUT2D eigenvalue weighted by atomic mass is 9.90. The summed E-state index contributed by atoms with van der Waals surface area (Å²) >= 11 is 0. The van der Waals surface area contributed by atoms with Crippen LogP contribution in [-0.2, 0) is 30.5 Å². The highest BCUT2D eigenvalue weighted by molar-refractivity contribution is 7.86. The Labute approximate surface area is 267 Å². The summed E-state index contributed by atoms with van der Waals surface area (Å²) in [6, 6.07) is 15.7. The van der Waals surface area contributed by atoms with E-state index < -0.39 is 32.0 Å². The number of hydrogen-bond donors (Lipinski definition) is 0. The molecule has 0 saturated carbocycles. The van der Waals surface area contributed by atoms with E-state index in [-0.39, 0.29) is 24.3 Å². The Balaban J connectivity index is 1.42. The van der Waals surface area contributed by atoms with Crippen LogP contribution in [0.5, 0.6) is 11.6 Å². The van der Waals surface area contributed by atoms with Crippen LogP contribution in [0.2, 0.25) is 0 Å². The number of rotatable bonds is 10. The highest BCUT2D eigenvalue weighted by Crippen LogP contribution is 2.45. The van der Waals surface area contributed by atoms with Crippen LogP contribution in [0.25, 0.3) is 22.0 Å². The number of benzene rings is 2. The van der Waals surface area contributed by atoms with Gasteiger partial charge in [0.1, 0.15) is 18.0 Å². The predicted molar refractivity (Wildman–Crippen MR) is 175 cm³/mol. The van der Waals surface area contributed by atoms with Gasteiger partial charge >= 0.3 is 16.0 Å². The van der Waals surface area contributed by atoms with Crippen molar-refractivity contribution in [3.63, 3.8) is 0 Å². The molecule has 0 radical (unpaired) electrons. The van der Waals surface area contributed by atoms with E-state index in [1.807, 2.05) is 29.0 Å². The largest absolute Gasteiger partial charge is 0.493 e. The maximum atomic E-state index is 13.8. The van der Waals surface area contributed by atoms with Gasteiger partial charge in [0.2, 0.25) is 11.8 Å². The standard InChI is InChI=1S/C33H37N4O8S/c1-7-37(45-46(6,41)42)28-15-14-23(19-27(28)35(4)31(39)33(2,3)32(37)40)44-18-10-17-36-21-25(22-13-16-29(43-5)34-20-22)30(38)24-11-8-9-12-26(24)36/h8-9,11-16,19-21H,7,10,17-18H2,1-6H3/q+1. The molecule has 0 fully saturated rings. The summed E-state index contributed by atoms with van der Waals surface area (Å²) in [4.78, 5) is 46.2. The Morgan fingerprint density at radius 1 is 1.02 bits per heavy atom. The van der Waals surface area contributed by atoms with Gasteiger partial charge in [-0.25, -0.2) is 9.78 Å². The molecule has 1 unspecified atom stereocenters. The first-order valence-corrected chi connectivity index (χ1v) is 16.6. The molecule has 242 valence electrons. The summed E-state index contributed by atoms with van der Waals surface area (Å²) in [7, 11) is -1.04. The molecule has 0 spiro atoms. The van der Waals surface area contributed by atoms with E-state index in [0.717, 1.165) is 11.8 Å². The van der Waals surface area contributed by atoms with Crippen LogP contribution in [0.15, 0.2) is 71.8 Å². The molecule has 2 aromatic heterocycles. The van der Waals surface area contributed by atoms with E-state index in [9.17, 15) is 22.8 Å². The van der Waals surface area contributed by atoms with Crippen molar-refractivity contribution in [3.8, 4) is 22.8 Å². The van der Waals surface area contributed by atoms with Gasteiger partial charge in [0.05, 0.1) is 25.5 Å². The fraction of sp³-hybridized carbons (Fsp3) is 0.333. The van der Waals surface area contributed by atoms with Gasteiger partial charge in [-0.05, 0) is 51.5 Å². The second-order valence-electron chi connectivity index (χ2n) is 11.7. The molecule has 1 atom stereocenters. The average Bonchev–Trinajstić information content (AvgIpc) is 3.08. The molecule has 0 bridgehead atoms. The summed E-state index contributed by atoms with van der Waals surface area (Å²) < 4.78 is 42.4. The van der Waals surface area contributed by atoms with E-state index >= 15 is 0 Å². The second kappa shape index (κ2) is 12.3. The number of aromatic nitrogens is 2. The van der Waals surface area contributed by atoms with Crippen LogP contribution in [0.3, 0.4) is 0 Å². The lowest BCUT2D eigenvalue weighted by molar-refractivity contribution is -0.164. The molecule has 0 N–H and O–H groups in total. The third-order valence-electron chi connectivity index (χ3n) is 8.16. The molecule has 13 heteroatoms. The zero-order valence-corrected chi connectivity index (χ0v) is 27.5. The number of anilines is 1. The molecule has 1 aliphatic heterocycles. The quantitative estimate of drug-likeness (QED) is 0.140. The van der Waals surface area contributed by atoms with Gasteiger partial charge in [0.15, 0.2) is 16.5 Å². The number of hydrogen-bond acceptors (Lipinski definition) is 9. The van der Waals surface area contributed by atoms with Gasteiger partial charge in [-0.2, -0.15) is 8.42 Å². The van der Waals surface area contributed by atoms with Gasteiger partial charge in [0, 0.05) is 60.7 Å². The lowest BCUT2D eigenvalue weighted by Gasteiger charge is -2.32. The van der Waals surface area contributed by atoms with E-state index in [1.54, 1.807) is 49.5 Å². The van der Waals surface area contributed by atoms with Crippen LogP contribution >= 0.6 is 0 Å². The zero-order chi connectivity index (χ0) is 33.4. The number of ether oxygens (including phenoxy) is 2. The van der Waals surface area contributed by atoms with Crippen molar-refractivity contribution < 1.29 is 31.8 Å². The molecule has 2 aromatic carbocycles. The topological polar surface area (TPSA) is 134 Å². The Hall–Kier alpha value is -4.59. The van der Waals surface area contributed by atoms with Gasteiger partial charge < -0.3 is 18.9 Å². The highest BCUT2D eigenvalue weighted by Gasteiger charge is 2.59. The van der Waals surface area contributed by atoms with Crippen molar-refractivity contribution in [3.05, 3.63) is 77.2 Å². The molecule has 46 heavy (non-hydrogen) atoms. The second-order valence-corrected chi connectivity index (χ2v) is 13.2. The number of para-hydroxylation sites is 1. The number of carbonyl (C=O) groups is 2. The predicted octanol–water partition coefficient (Wildman–Crippen LogP) is 4.29. The summed E-state index contributed by atoms with van der Waals surface area (Å²) in [5.41, 5.74) is 0.822. The Kier molecular flexibility index (Phi) is 8.77. The van der Waals surface area contributed by atoms with Crippen LogP contribution in [-0.4, -0.2) is 63.3 Å². The normalized spacial score (nSPS) is 17.9. The third kappa shape index (κ3) is 5.88. The Morgan fingerprint density at radius 2 is 1.76 bits per heavy atom. The SMILES string of the molecule is CC[N+]1(OS(C)(=O)=O)C(=O)C(C)(C)C(=O)N(C)c2cc(OCCCn3cc(-c4ccc(OC)nc4)c(=O)c4ccccc43)ccc21. The number of methoxy groups -OCH3 is 1. The number of hydroxylamine groups is 2. The van der Waals surface area contributed by atoms with E-state index in [4.69, 9.17) is 13.8 Å². The molecule has 2 amide bonds. The molecule has 0 aliphatic carbocycles. The molecule has 3 heterocycles. The minimum atomic E-state index is -4.11. The fourth-order valence-corrected chi connectivity index (χ4v) is 6.56. The number of aryl methyl sites for hydroxylation is 1. The number of pyridine rings is 2. The number of nitrogens with zero attached hydrogens (tertiary/aromatic N) is 4. The first kappa shape index (κ1) is 32.8. The van der Waals surface area contributed by atoms with E-state index in [1.165, 1.54) is 32.9 Å². The van der Waals surface area contributed by atoms with Crippen LogP contribution in [0.4, 0.5) is 11.4 Å². The van der Waals surface area contributed by atoms with Crippen molar-refractivity contribution in [1.82, 2.24) is 14.2 Å². The summed E-state index contributed by atoms with van der Waals surface area (Å²) in [5.74, 6) is -0.320. The maximum Gasteiger partial charge on any atom is 0.367 e. The first-order valence-electron chi connectivity index (χ1n) is 14.8. The molecule has 5 rings (SSSR count). The minimum Gasteiger partial charge on any atom is -0.493 e. The van der Waals surface area contributed by atoms with Crippen molar-refractivity contribution in [2.45, 2.75) is 33.7 Å². The zero-order valence-electron chi connectivity index (χ0n) is 26.6. The molecule has 1 aliphatic rings. The van der Waals surface area contributed by atoms with E-state index in [0.29, 0.717) is 46.8 Å². The first-order chi connectivity index (χ1) is 21.7. The molecular formula is C33H37N4O8S+. The monoisotopic (exact) mass is 649 g/mol. The Bertz CT molecular complexity index is 1990. The fourth-order valence-electron chi connectivity index (χ4n) is 5.84. The number of fused-ring (bicyclic) bond motifs is 2. The van der Waals surface area contributed by atoms with Crippen LogP contribution < -0.4 is 24.4 Å². The highest BCUT2D eigenvalue weighted by atomic mass is 32.2. The van der Waals surface area contributed by atoms with Crippen LogP contribution in [0.1, 0.15) is 27.2 Å². The maximum absolute atomic E-state index is 13.8. The smallest absolute Gasteiger partial charge is 0.367 e. The number of amides is 2. The van der Waals surface area contributed by atoms with Crippen LogP contribution in [0, 0.1) is 5.41 Å². The molecule has 4 aromatic rings. The summed E-state index contributed by atoms with van der Waals surface area (Å²) in [5, 5.41) is 0.585. The minimum absolute atomic E-state index is 0.0639. The average molecular weight is 650 g/mol. The Morgan fingerprint density at radius 3 is 2.41 bits per heavy atom. The van der Waals surface area contributed by atoms with Gasteiger partial charge in [-0.1, -0.05) is 21.1 Å². The van der Waals surface area contributed by atoms with Crippen molar-refractivity contribution in [2.24, 2.45) is 5.41 Å². The van der Waals surface area contributed by atoms with E-state index in [2.05, 4.69) is 4.98 Å². The van der Waals surface area contributed by atoms with Crippen molar-refractivity contribution >= 4 is 44.2 Å².